The number of benzene rings is 13. The van der Waals surface area contributed by atoms with Gasteiger partial charge in [0.2, 0.25) is 0 Å². The summed E-state index contributed by atoms with van der Waals surface area (Å²) in [5, 5.41) is 89.1. The van der Waals surface area contributed by atoms with Crippen molar-refractivity contribution in [2.45, 2.75) is 162 Å². The van der Waals surface area contributed by atoms with Crippen molar-refractivity contribution in [1.82, 2.24) is 0 Å². The molecule has 0 fully saturated rings. The molecule has 0 saturated heterocycles. The Morgan fingerprint density at radius 1 is 0.291 bits per heavy atom. The van der Waals surface area contributed by atoms with E-state index in [1.807, 2.05) is 121 Å². The van der Waals surface area contributed by atoms with Crippen LogP contribution >= 0.6 is 0 Å². The van der Waals surface area contributed by atoms with Gasteiger partial charge in [-0.25, -0.2) is 30.0 Å². The van der Waals surface area contributed by atoms with Crippen molar-refractivity contribution in [2.75, 3.05) is 0 Å². The molecular formula is C109H120N6O6Si6. The summed E-state index contributed by atoms with van der Waals surface area (Å²) in [6, 6.07) is 85.2. The third kappa shape index (κ3) is 16.5. The first-order chi connectivity index (χ1) is 60.1. The average Bonchev–Trinajstić information content (AvgIpc) is 0.684. The number of hydrogen-bond acceptors (Lipinski definition) is 12. The molecule has 18 heteroatoms. The van der Waals surface area contributed by atoms with Gasteiger partial charge in [-0.1, -0.05) is 277 Å². The lowest BCUT2D eigenvalue weighted by molar-refractivity contribution is 0.475. The van der Waals surface area contributed by atoms with Gasteiger partial charge < -0.3 is 30.6 Å². The van der Waals surface area contributed by atoms with Gasteiger partial charge in [-0.3, -0.25) is 0 Å². The molecule has 6 aliphatic rings. The summed E-state index contributed by atoms with van der Waals surface area (Å²) in [5.41, 5.74) is 7.08. The largest absolute Gasteiger partial charge is 0.508 e. The van der Waals surface area contributed by atoms with Crippen molar-refractivity contribution in [1.29, 1.82) is 0 Å². The molecule has 19 rings (SSSR count). The summed E-state index contributed by atoms with van der Waals surface area (Å²) in [6.07, 6.45) is 1.14. The molecule has 2 unspecified atom stereocenters. The van der Waals surface area contributed by atoms with Gasteiger partial charge in [-0.15, -0.1) is 0 Å². The van der Waals surface area contributed by atoms with Gasteiger partial charge in [0.05, 0.1) is 66.3 Å². The molecule has 12 nitrogen and oxygen atoms in total. The van der Waals surface area contributed by atoms with Crippen LogP contribution in [0.5, 0.6) is 34.5 Å². The van der Waals surface area contributed by atoms with Crippen molar-refractivity contribution in [3.63, 3.8) is 0 Å². The minimum absolute atomic E-state index is 0.0618. The fourth-order valence-electron chi connectivity index (χ4n) is 21.7. The van der Waals surface area contributed by atoms with Crippen LogP contribution in [-0.2, 0) is 0 Å². The van der Waals surface area contributed by atoms with Gasteiger partial charge >= 0.3 is 0 Å². The molecule has 646 valence electrons. The van der Waals surface area contributed by atoms with Crippen LogP contribution in [0.4, 0.5) is 34.1 Å². The van der Waals surface area contributed by atoms with Crippen LogP contribution in [0.25, 0.3) is 39.5 Å². The molecule has 2 atom stereocenters. The number of hydrogen-bond donors (Lipinski definition) is 6. The summed E-state index contributed by atoms with van der Waals surface area (Å²) < 4.78 is 0. The second-order valence-corrected chi connectivity index (χ2v) is 66.2. The third-order valence-corrected chi connectivity index (χ3v) is 58.5. The first kappa shape index (κ1) is 91.2. The minimum atomic E-state index is -2.28. The molecule has 6 heterocycles. The quantitative estimate of drug-likeness (QED) is 0.0859. The van der Waals surface area contributed by atoms with E-state index in [1.165, 1.54) is 62.2 Å². The van der Waals surface area contributed by atoms with Gasteiger partial charge in [-0.05, 0) is 272 Å². The molecule has 0 amide bonds. The highest BCUT2D eigenvalue weighted by molar-refractivity contribution is 7.12. The highest BCUT2D eigenvalue weighted by Gasteiger charge is 2.58. The van der Waals surface area contributed by atoms with Crippen molar-refractivity contribution < 1.29 is 30.6 Å². The maximum Gasteiger partial charge on any atom is 0.151 e. The molecule has 0 bridgehead atoms. The summed E-state index contributed by atoms with van der Waals surface area (Å²) in [7, 11) is -12.0. The molecule has 127 heavy (non-hydrogen) atoms. The zero-order valence-electron chi connectivity index (χ0n) is 76.8. The normalized spacial score (nSPS) is 16.8. The zero-order valence-corrected chi connectivity index (χ0v) is 82.8. The lowest BCUT2D eigenvalue weighted by Crippen LogP contribution is -2.74. The molecule has 0 aliphatic carbocycles. The van der Waals surface area contributed by atoms with E-state index in [0.717, 1.165) is 127 Å². The second-order valence-electron chi connectivity index (χ2n) is 38.4. The first-order valence-electron chi connectivity index (χ1n) is 44.2. The number of rotatable bonds is 7. The Kier molecular flexibility index (Phi) is 25.1. The maximum absolute atomic E-state index is 10.2. The molecule has 0 saturated carbocycles. The molecule has 13 aromatic rings. The molecular weight excluding hydrogens is 1660 g/mol. The molecule has 0 radical (unpaired) electrons. The van der Waals surface area contributed by atoms with E-state index in [0.29, 0.717) is 45.6 Å². The van der Waals surface area contributed by atoms with Crippen LogP contribution in [-0.4, -0.2) is 79.1 Å². The minimum Gasteiger partial charge on any atom is -0.508 e. The fraction of sp³-hybridized carbons (Fsp3) is 0.229. The van der Waals surface area contributed by atoms with E-state index >= 15 is 0 Å². The fourth-order valence-corrected chi connectivity index (χ4v) is 50.9. The van der Waals surface area contributed by atoms with E-state index in [1.54, 1.807) is 36.4 Å². The summed E-state index contributed by atoms with van der Waals surface area (Å²) in [4.78, 5) is 28.8. The predicted molar refractivity (Wildman–Crippen MR) is 548 cm³/mol. The highest BCUT2D eigenvalue weighted by atomic mass is 28.3. The van der Waals surface area contributed by atoms with Crippen molar-refractivity contribution in [3.8, 4) is 34.5 Å². The van der Waals surface area contributed by atoms with Crippen molar-refractivity contribution in [2.24, 2.45) is 30.0 Å². The van der Waals surface area contributed by atoms with Crippen LogP contribution in [0.1, 0.15) is 96.4 Å². The van der Waals surface area contributed by atoms with Crippen LogP contribution in [0.15, 0.2) is 279 Å². The summed E-state index contributed by atoms with van der Waals surface area (Å²) in [5.74, 6) is 1.95. The van der Waals surface area contributed by atoms with Crippen LogP contribution < -0.4 is 131 Å². The lowest BCUT2D eigenvalue weighted by atomic mass is 10.2. The Hall–Kier alpha value is -12.0. The van der Waals surface area contributed by atoms with Gasteiger partial charge in [0.25, 0.3) is 0 Å². The number of phenolic OH excluding ortho intramolecular Hbond substituents is 6. The molecule has 6 aliphatic heterocycles. The Morgan fingerprint density at radius 3 is 1.02 bits per heavy atom. The van der Waals surface area contributed by atoms with Crippen molar-refractivity contribution >= 4 is 189 Å². The number of fused-ring (bicyclic) bond motifs is 12. The summed E-state index contributed by atoms with van der Waals surface area (Å²) >= 11 is 0. The number of nitrogens with zero attached hydrogens (tertiary/aromatic N) is 6. The monoisotopic (exact) mass is 1780 g/mol. The lowest BCUT2D eigenvalue weighted by Gasteiger charge is -2.54. The first-order valence-corrected chi connectivity index (χ1v) is 59.0. The van der Waals surface area contributed by atoms with Gasteiger partial charge in [0, 0.05) is 0 Å². The highest BCUT2D eigenvalue weighted by Crippen LogP contribution is 2.52. The Labute approximate surface area is 753 Å². The predicted octanol–water partition coefficient (Wildman–Crippen LogP) is 11.1. The van der Waals surface area contributed by atoms with Crippen LogP contribution in [0, 0.1) is 0 Å². The zero-order chi connectivity index (χ0) is 91.6. The van der Waals surface area contributed by atoms with E-state index in [-0.39, 0.29) is 10.1 Å². The van der Waals surface area contributed by atoms with Gasteiger partial charge in [-0.2, -0.15) is 0 Å². The standard InChI is InChI=1S/C21H27NOSi.C20H17NOSi.C19H23NOSi.2C17H19NOSi.C15H15NOSi/c1-14-8-10-16-18(12-14)24(20(2,3)4,21(5,6)7)19-13-15(23)9-11-17(19)22-16;1-14-8-10-17-19(12-14)23(2,16-6-4-3-5-7-16)20-13-15(22)9-11-18(20)21-17;1-12(2)22(13(3)4)18-10-14(5)6-8-16(18)20-17-9-7-15(21)11-19(17)22;1-4-9-20(3)16-10-12(2)5-7-14(16)18-15-8-6-13(19)11-17(15)20;1-4-20(5-2)16-10-12(3)6-8-14(16)18-15-9-7-13(19)11-17(15)20;1-10-4-6-12-14(8-10)18(2,3)15-9-11(17)5-7-13(15)16-12/h8-13,23H,1H2,2-7H3;3-13,22H,1H2,2H3;6-13,21H,5H2,1-4H3;5-8,10-11,19H,2,4,9H2,1,3H3;6-11,19H,3-5H2,1-2H3;4-9,17H,1H2,2-3H3. The van der Waals surface area contributed by atoms with Crippen LogP contribution in [0.2, 0.25) is 65.5 Å². The van der Waals surface area contributed by atoms with Crippen LogP contribution in [0.3, 0.4) is 0 Å². The summed E-state index contributed by atoms with van der Waals surface area (Å²) in [6.45, 7) is 63.8. The topological polar surface area (TPSA) is 196 Å². The van der Waals surface area contributed by atoms with E-state index < -0.39 is 48.4 Å². The number of phenols is 6. The average molecular weight is 1780 g/mol. The molecule has 13 aromatic carbocycles. The maximum atomic E-state index is 10.2. The van der Waals surface area contributed by atoms with Gasteiger partial charge in [0.15, 0.2) is 8.07 Å². The Bertz CT molecular complexity index is 7300. The SMILES string of the molecule is C=c1ccc2c(c1)[Si](C(C)(C)C)(C(C)(C)C)c1cc(O)ccc1N=2.C=c1ccc2c(c1)[Si](C(C)C)(C(C)C)c1cc(O)ccc1N=2.C=c1ccc2c(c1)[Si](C)(C)c1cc(O)ccc1N=2.C=c1ccc2c(c1)[Si](C)(CCC)c1cc(O)ccc1N=2.C=c1ccc2c(c1)[Si](C)(c1ccccc1)c1cc(O)ccc1N=2.C=c1ccc2c(c1)[Si](CC)(CC)c1cc(O)ccc1N=2. The van der Waals surface area contributed by atoms with Gasteiger partial charge in [0.1, 0.15) is 74.9 Å². The van der Waals surface area contributed by atoms with E-state index in [2.05, 4.69) is 252 Å². The Balaban J connectivity index is 0.000000124. The van der Waals surface area contributed by atoms with E-state index in [9.17, 15) is 30.6 Å². The number of aromatic hydroxyl groups is 6. The van der Waals surface area contributed by atoms with E-state index in [4.69, 9.17) is 25.0 Å². The smallest absolute Gasteiger partial charge is 0.151 e. The molecule has 0 spiro atoms. The molecule has 6 N–H and O–H groups in total. The molecule has 0 aromatic heterocycles. The third-order valence-electron chi connectivity index (χ3n) is 27.4. The van der Waals surface area contributed by atoms with Crippen molar-refractivity contribution in [3.05, 3.63) is 312 Å². The Morgan fingerprint density at radius 2 is 0.591 bits per heavy atom. The second kappa shape index (κ2) is 35.0.